The molecule has 1 aliphatic rings. The van der Waals surface area contributed by atoms with E-state index in [1.54, 1.807) is 24.3 Å². The van der Waals surface area contributed by atoms with Crippen molar-refractivity contribution in [2.24, 2.45) is 5.92 Å². The number of amides is 1. The second-order valence-electron chi connectivity index (χ2n) is 9.17. The molecule has 7 nitrogen and oxygen atoms in total. The third-order valence-electron chi connectivity index (χ3n) is 7.04. The number of aromatic nitrogens is 2. The quantitative estimate of drug-likeness (QED) is 0.505. The predicted octanol–water partition coefficient (Wildman–Crippen LogP) is 4.24. The number of benzene rings is 2. The summed E-state index contributed by atoms with van der Waals surface area (Å²) in [4.78, 5) is 19.7. The first-order valence-corrected chi connectivity index (χ1v) is 13.5. The van der Waals surface area contributed by atoms with Crippen molar-refractivity contribution in [1.82, 2.24) is 18.8 Å². The zero-order chi connectivity index (χ0) is 24.5. The summed E-state index contributed by atoms with van der Waals surface area (Å²) in [6.07, 6.45) is 3.80. The van der Waals surface area contributed by atoms with E-state index in [9.17, 15) is 13.2 Å². The van der Waals surface area contributed by atoms with Crippen LogP contribution in [-0.2, 0) is 16.6 Å². The topological polar surface area (TPSA) is 75.5 Å². The molecule has 3 aromatic rings. The third-order valence-corrected chi connectivity index (χ3v) is 9.10. The molecule has 34 heavy (non-hydrogen) atoms. The molecule has 182 valence electrons. The van der Waals surface area contributed by atoms with Crippen molar-refractivity contribution < 1.29 is 13.2 Å². The average molecular weight is 483 g/mol. The van der Waals surface area contributed by atoms with Gasteiger partial charge < -0.3 is 9.47 Å². The lowest BCUT2D eigenvalue weighted by atomic mass is 9.96. The van der Waals surface area contributed by atoms with Crippen LogP contribution in [0.1, 0.15) is 48.2 Å². The first-order valence-electron chi connectivity index (χ1n) is 12.1. The number of imidazole rings is 1. The molecule has 0 N–H and O–H groups in total. The number of hydrogen-bond donors (Lipinski definition) is 0. The van der Waals surface area contributed by atoms with Gasteiger partial charge in [-0.2, -0.15) is 4.31 Å². The highest BCUT2D eigenvalue weighted by molar-refractivity contribution is 7.89. The Balaban J connectivity index is 1.38. The van der Waals surface area contributed by atoms with Crippen LogP contribution in [0.3, 0.4) is 0 Å². The van der Waals surface area contributed by atoms with Crippen LogP contribution < -0.4 is 0 Å². The molecule has 0 aliphatic carbocycles. The summed E-state index contributed by atoms with van der Waals surface area (Å²) < 4.78 is 29.0. The molecular weight excluding hydrogens is 448 g/mol. The molecular formula is C26H34N4O3S. The minimum Gasteiger partial charge on any atom is -0.339 e. The smallest absolute Gasteiger partial charge is 0.253 e. The zero-order valence-corrected chi connectivity index (χ0v) is 21.3. The lowest BCUT2D eigenvalue weighted by molar-refractivity contribution is 0.0683. The summed E-state index contributed by atoms with van der Waals surface area (Å²) in [5, 5.41) is 0. The Labute approximate surface area is 202 Å². The van der Waals surface area contributed by atoms with E-state index in [0.717, 1.165) is 24.9 Å². The van der Waals surface area contributed by atoms with Crippen molar-refractivity contribution in [1.29, 1.82) is 0 Å². The molecule has 0 saturated carbocycles. The lowest BCUT2D eigenvalue weighted by Crippen LogP contribution is -2.39. The number of aryl methyl sites for hydroxylation is 2. The Hall–Kier alpha value is -2.71. The van der Waals surface area contributed by atoms with Gasteiger partial charge in [0, 0.05) is 38.3 Å². The van der Waals surface area contributed by atoms with Gasteiger partial charge >= 0.3 is 0 Å². The number of hydrogen-bond acceptors (Lipinski definition) is 4. The zero-order valence-electron chi connectivity index (χ0n) is 20.5. The van der Waals surface area contributed by atoms with Crippen molar-refractivity contribution in [3.8, 4) is 0 Å². The van der Waals surface area contributed by atoms with Gasteiger partial charge in [-0.15, -0.1) is 0 Å². The van der Waals surface area contributed by atoms with Crippen molar-refractivity contribution in [2.75, 3.05) is 26.2 Å². The van der Waals surface area contributed by atoms with E-state index in [2.05, 4.69) is 35.5 Å². The third kappa shape index (κ3) is 4.74. The van der Waals surface area contributed by atoms with Crippen LogP contribution in [0, 0.1) is 19.8 Å². The van der Waals surface area contributed by atoms with Gasteiger partial charge in [0.1, 0.15) is 0 Å². The largest absolute Gasteiger partial charge is 0.339 e. The fourth-order valence-corrected chi connectivity index (χ4v) is 6.18. The molecule has 0 bridgehead atoms. The minimum absolute atomic E-state index is 0.0376. The summed E-state index contributed by atoms with van der Waals surface area (Å²) in [5.41, 5.74) is 5.25. The van der Waals surface area contributed by atoms with Crippen LogP contribution >= 0.6 is 0 Å². The maximum atomic E-state index is 13.0. The standard InChI is InChI=1S/C26H34N4O3S/c1-5-30(6-2)34(32,33)23-9-7-22(8-10-23)26(31)28-13-11-21(12-14-28)17-29-18-27-24-15-19(3)20(4)16-25(24)29/h7-10,15-16,18,21H,5-6,11-14,17H2,1-4H3. The number of piperidine rings is 1. The van der Waals surface area contributed by atoms with E-state index in [1.807, 2.05) is 25.1 Å². The maximum Gasteiger partial charge on any atom is 0.253 e. The molecule has 0 radical (unpaired) electrons. The second kappa shape index (κ2) is 9.88. The van der Waals surface area contributed by atoms with Crippen LogP contribution in [-0.4, -0.2) is 59.3 Å². The molecule has 4 rings (SSSR count). The summed E-state index contributed by atoms with van der Waals surface area (Å²) in [5.74, 6) is 0.453. The Morgan fingerprint density at radius 3 is 2.26 bits per heavy atom. The number of carbonyl (C=O) groups is 1. The molecule has 1 saturated heterocycles. The summed E-state index contributed by atoms with van der Waals surface area (Å²) in [6, 6.07) is 10.7. The molecule has 0 unspecified atom stereocenters. The minimum atomic E-state index is -3.52. The molecule has 0 spiro atoms. The van der Waals surface area contributed by atoms with Gasteiger partial charge in [0.05, 0.1) is 22.3 Å². The van der Waals surface area contributed by atoms with Crippen LogP contribution in [0.5, 0.6) is 0 Å². The van der Waals surface area contributed by atoms with Crippen molar-refractivity contribution >= 4 is 27.0 Å². The Bertz CT molecular complexity index is 1270. The first kappa shape index (κ1) is 24.4. The molecule has 1 amide bonds. The lowest BCUT2D eigenvalue weighted by Gasteiger charge is -2.32. The Kier molecular flexibility index (Phi) is 7.09. The molecule has 8 heteroatoms. The summed E-state index contributed by atoms with van der Waals surface area (Å²) >= 11 is 0. The molecule has 1 aromatic heterocycles. The Morgan fingerprint density at radius 2 is 1.65 bits per heavy atom. The van der Waals surface area contributed by atoms with E-state index in [1.165, 1.54) is 20.9 Å². The first-order chi connectivity index (χ1) is 16.2. The molecule has 1 aliphatic heterocycles. The Morgan fingerprint density at radius 1 is 1.03 bits per heavy atom. The SMILES string of the molecule is CCN(CC)S(=O)(=O)c1ccc(C(=O)N2CCC(Cn3cnc4cc(C)c(C)cc43)CC2)cc1. The van der Waals surface area contributed by atoms with Gasteiger partial charge in [0.25, 0.3) is 5.91 Å². The molecule has 0 atom stereocenters. The maximum absolute atomic E-state index is 13.0. The highest BCUT2D eigenvalue weighted by Gasteiger charge is 2.26. The number of rotatable bonds is 7. The van der Waals surface area contributed by atoms with Gasteiger partial charge in [-0.05, 0) is 80.1 Å². The van der Waals surface area contributed by atoms with Crippen LogP contribution in [0.15, 0.2) is 47.6 Å². The number of carbonyl (C=O) groups excluding carboxylic acids is 1. The molecule has 2 aromatic carbocycles. The van der Waals surface area contributed by atoms with Gasteiger partial charge in [0.2, 0.25) is 10.0 Å². The molecule has 1 fully saturated rings. The molecule has 2 heterocycles. The number of nitrogens with zero attached hydrogens (tertiary/aromatic N) is 4. The average Bonchev–Trinajstić information content (AvgIpc) is 3.21. The van der Waals surface area contributed by atoms with E-state index >= 15 is 0 Å². The van der Waals surface area contributed by atoms with Crippen LogP contribution in [0.4, 0.5) is 0 Å². The van der Waals surface area contributed by atoms with Gasteiger partial charge in [-0.1, -0.05) is 13.8 Å². The van der Waals surface area contributed by atoms with E-state index in [-0.39, 0.29) is 10.8 Å². The number of fused-ring (bicyclic) bond motifs is 1. The van der Waals surface area contributed by atoms with Crippen molar-refractivity contribution in [3.05, 3.63) is 59.4 Å². The van der Waals surface area contributed by atoms with E-state index in [0.29, 0.717) is 37.7 Å². The summed E-state index contributed by atoms with van der Waals surface area (Å²) in [6.45, 7) is 11.0. The van der Waals surface area contributed by atoms with Gasteiger partial charge in [-0.25, -0.2) is 13.4 Å². The fourth-order valence-electron chi connectivity index (χ4n) is 4.72. The highest BCUT2D eigenvalue weighted by atomic mass is 32.2. The van der Waals surface area contributed by atoms with Crippen LogP contribution in [0.25, 0.3) is 11.0 Å². The van der Waals surface area contributed by atoms with Crippen molar-refractivity contribution in [2.45, 2.75) is 52.0 Å². The second-order valence-corrected chi connectivity index (χ2v) is 11.1. The highest BCUT2D eigenvalue weighted by Crippen LogP contribution is 2.25. The van der Waals surface area contributed by atoms with Gasteiger partial charge in [-0.3, -0.25) is 4.79 Å². The monoisotopic (exact) mass is 482 g/mol. The van der Waals surface area contributed by atoms with Gasteiger partial charge in [0.15, 0.2) is 0 Å². The fraction of sp³-hybridized carbons (Fsp3) is 0.462. The number of sulfonamides is 1. The van der Waals surface area contributed by atoms with E-state index < -0.39 is 10.0 Å². The van der Waals surface area contributed by atoms with E-state index in [4.69, 9.17) is 0 Å². The summed E-state index contributed by atoms with van der Waals surface area (Å²) in [7, 11) is -3.52. The number of likely N-dealkylation sites (tertiary alicyclic amines) is 1. The predicted molar refractivity (Wildman–Crippen MR) is 134 cm³/mol. The van der Waals surface area contributed by atoms with Crippen LogP contribution in [0.2, 0.25) is 0 Å². The normalized spacial score (nSPS) is 15.4. The van der Waals surface area contributed by atoms with Crippen molar-refractivity contribution in [3.63, 3.8) is 0 Å².